The van der Waals surface area contributed by atoms with Crippen molar-refractivity contribution in [2.45, 2.75) is 38.6 Å². The van der Waals surface area contributed by atoms with E-state index in [0.29, 0.717) is 12.5 Å². The molecule has 0 radical (unpaired) electrons. The van der Waals surface area contributed by atoms with Gasteiger partial charge in [0.15, 0.2) is 0 Å². The first-order valence-corrected chi connectivity index (χ1v) is 7.24. The molecule has 2 rings (SSSR count). The van der Waals surface area contributed by atoms with Crippen LogP contribution in [0.1, 0.15) is 37.3 Å². The van der Waals surface area contributed by atoms with Crippen LogP contribution in [0, 0.1) is 0 Å². The van der Waals surface area contributed by atoms with Gasteiger partial charge in [-0.15, -0.1) is 0 Å². The number of piperidine rings is 1. The van der Waals surface area contributed by atoms with Crippen LogP contribution in [0.15, 0.2) is 24.8 Å². The van der Waals surface area contributed by atoms with Gasteiger partial charge in [-0.2, -0.15) is 0 Å². The molecule has 1 aliphatic heterocycles. The number of benzene rings is 1. The number of rotatable bonds is 4. The highest BCUT2D eigenvalue weighted by atomic mass is 16.5. The van der Waals surface area contributed by atoms with E-state index in [1.54, 1.807) is 13.2 Å². The van der Waals surface area contributed by atoms with Gasteiger partial charge in [0.25, 0.3) is 0 Å². The molecule has 0 aliphatic carbocycles. The molecule has 3 nitrogen and oxygen atoms in total. The molecule has 1 aliphatic rings. The third-order valence-electron chi connectivity index (χ3n) is 4.01. The summed E-state index contributed by atoms with van der Waals surface area (Å²) in [5, 5.41) is 0. The van der Waals surface area contributed by atoms with Gasteiger partial charge in [0, 0.05) is 18.2 Å². The highest BCUT2D eigenvalue weighted by Gasteiger charge is 2.23. The molecule has 20 heavy (non-hydrogen) atoms. The number of likely N-dealkylation sites (tertiary alicyclic amines) is 1. The average molecular weight is 273 g/mol. The quantitative estimate of drug-likeness (QED) is 0.842. The Labute approximate surface area is 121 Å². The maximum atomic E-state index is 12.5. The average Bonchev–Trinajstić information content (AvgIpc) is 2.47. The van der Waals surface area contributed by atoms with Crippen LogP contribution in [0.5, 0.6) is 5.75 Å². The molecule has 0 spiro atoms. The summed E-state index contributed by atoms with van der Waals surface area (Å²) in [5.74, 6) is 0.963. The molecule has 0 aromatic heterocycles. The Morgan fingerprint density at radius 2 is 2.30 bits per heavy atom. The van der Waals surface area contributed by atoms with Gasteiger partial charge < -0.3 is 9.64 Å². The second kappa shape index (κ2) is 6.60. The number of ether oxygens (including phenoxy) is 1. The van der Waals surface area contributed by atoms with E-state index in [-0.39, 0.29) is 5.91 Å². The van der Waals surface area contributed by atoms with Crippen LogP contribution in [0.3, 0.4) is 0 Å². The van der Waals surface area contributed by atoms with E-state index in [0.717, 1.165) is 36.3 Å². The van der Waals surface area contributed by atoms with Crippen LogP contribution in [0.4, 0.5) is 0 Å². The summed E-state index contributed by atoms with van der Waals surface area (Å²) in [5.41, 5.74) is 1.95. The van der Waals surface area contributed by atoms with Gasteiger partial charge in [-0.25, -0.2) is 0 Å². The first kappa shape index (κ1) is 14.6. The van der Waals surface area contributed by atoms with Gasteiger partial charge in [-0.3, -0.25) is 4.79 Å². The fourth-order valence-electron chi connectivity index (χ4n) is 2.80. The number of carbonyl (C=O) groups is 1. The SMILES string of the molecule is C=Cc1ccc(OC)c(CC(=O)N2CCCCC2C)c1. The molecule has 1 heterocycles. The van der Waals surface area contributed by atoms with Gasteiger partial charge in [0.2, 0.25) is 5.91 Å². The molecule has 1 unspecified atom stereocenters. The van der Waals surface area contributed by atoms with Crippen molar-refractivity contribution in [3.8, 4) is 5.75 Å². The van der Waals surface area contributed by atoms with E-state index in [1.165, 1.54) is 6.42 Å². The second-order valence-corrected chi connectivity index (χ2v) is 5.38. The van der Waals surface area contributed by atoms with Crippen molar-refractivity contribution < 1.29 is 9.53 Å². The molecule has 1 aromatic carbocycles. The zero-order chi connectivity index (χ0) is 14.5. The number of amides is 1. The smallest absolute Gasteiger partial charge is 0.227 e. The Morgan fingerprint density at radius 1 is 1.50 bits per heavy atom. The van der Waals surface area contributed by atoms with Crippen LogP contribution in [-0.4, -0.2) is 30.5 Å². The minimum Gasteiger partial charge on any atom is -0.496 e. The van der Waals surface area contributed by atoms with Crippen molar-refractivity contribution in [1.82, 2.24) is 4.90 Å². The zero-order valence-corrected chi connectivity index (χ0v) is 12.4. The summed E-state index contributed by atoms with van der Waals surface area (Å²) in [7, 11) is 1.64. The van der Waals surface area contributed by atoms with E-state index in [9.17, 15) is 4.79 Å². The lowest BCUT2D eigenvalue weighted by Crippen LogP contribution is -2.42. The lowest BCUT2D eigenvalue weighted by atomic mass is 10.0. The summed E-state index contributed by atoms with van der Waals surface area (Å²) < 4.78 is 5.35. The van der Waals surface area contributed by atoms with E-state index >= 15 is 0 Å². The Bertz CT molecular complexity index is 496. The summed E-state index contributed by atoms with van der Waals surface area (Å²) in [6.07, 6.45) is 5.63. The molecule has 3 heteroatoms. The van der Waals surface area contributed by atoms with Crippen molar-refractivity contribution in [2.24, 2.45) is 0 Å². The van der Waals surface area contributed by atoms with E-state index in [1.807, 2.05) is 23.1 Å². The van der Waals surface area contributed by atoms with E-state index < -0.39 is 0 Å². The molecular formula is C17H23NO2. The predicted octanol–water partition coefficient (Wildman–Crippen LogP) is 3.28. The Morgan fingerprint density at radius 3 is 2.95 bits per heavy atom. The number of nitrogens with zero attached hydrogens (tertiary/aromatic N) is 1. The molecule has 1 amide bonds. The van der Waals surface area contributed by atoms with Gasteiger partial charge in [-0.1, -0.05) is 18.7 Å². The Balaban J connectivity index is 2.15. The highest BCUT2D eigenvalue weighted by molar-refractivity contribution is 5.80. The van der Waals surface area contributed by atoms with Crippen LogP contribution >= 0.6 is 0 Å². The summed E-state index contributed by atoms with van der Waals surface area (Å²) >= 11 is 0. The third kappa shape index (κ3) is 3.21. The molecule has 1 atom stereocenters. The second-order valence-electron chi connectivity index (χ2n) is 5.38. The monoisotopic (exact) mass is 273 g/mol. The standard InChI is InChI=1S/C17H23NO2/c1-4-14-8-9-16(20-3)15(11-14)12-17(19)18-10-6-5-7-13(18)2/h4,8-9,11,13H,1,5-7,10,12H2,2-3H3. The summed E-state index contributed by atoms with van der Waals surface area (Å²) in [4.78, 5) is 14.5. The molecule has 1 aromatic rings. The lowest BCUT2D eigenvalue weighted by Gasteiger charge is -2.33. The van der Waals surface area contributed by atoms with Crippen molar-refractivity contribution in [1.29, 1.82) is 0 Å². The van der Waals surface area contributed by atoms with Gasteiger partial charge >= 0.3 is 0 Å². The molecule has 1 fully saturated rings. The van der Waals surface area contributed by atoms with Crippen LogP contribution < -0.4 is 4.74 Å². The molecule has 0 N–H and O–H groups in total. The third-order valence-corrected chi connectivity index (χ3v) is 4.01. The summed E-state index contributed by atoms with van der Waals surface area (Å²) in [6.45, 7) is 6.78. The molecule has 1 saturated heterocycles. The number of hydrogen-bond donors (Lipinski definition) is 0. The van der Waals surface area contributed by atoms with Gasteiger partial charge in [-0.05, 0) is 43.9 Å². The number of carbonyl (C=O) groups excluding carboxylic acids is 1. The maximum absolute atomic E-state index is 12.5. The van der Waals surface area contributed by atoms with E-state index in [2.05, 4.69) is 13.5 Å². The number of methoxy groups -OCH3 is 1. The fourth-order valence-corrected chi connectivity index (χ4v) is 2.80. The van der Waals surface area contributed by atoms with Gasteiger partial charge in [0.1, 0.15) is 5.75 Å². The predicted molar refractivity (Wildman–Crippen MR) is 81.8 cm³/mol. The summed E-state index contributed by atoms with van der Waals surface area (Å²) in [6, 6.07) is 6.19. The van der Waals surface area contributed by atoms with Gasteiger partial charge in [0.05, 0.1) is 13.5 Å². The first-order valence-electron chi connectivity index (χ1n) is 7.24. The minimum absolute atomic E-state index is 0.191. The maximum Gasteiger partial charge on any atom is 0.227 e. The minimum atomic E-state index is 0.191. The molecular weight excluding hydrogens is 250 g/mol. The zero-order valence-electron chi connectivity index (χ0n) is 12.4. The van der Waals surface area contributed by atoms with Crippen molar-refractivity contribution in [3.63, 3.8) is 0 Å². The number of hydrogen-bond acceptors (Lipinski definition) is 2. The van der Waals surface area contributed by atoms with Crippen LogP contribution in [0.2, 0.25) is 0 Å². The van der Waals surface area contributed by atoms with Crippen LogP contribution in [-0.2, 0) is 11.2 Å². The van der Waals surface area contributed by atoms with Crippen LogP contribution in [0.25, 0.3) is 6.08 Å². The fraction of sp³-hybridized carbons (Fsp3) is 0.471. The normalized spacial score (nSPS) is 18.7. The first-order chi connectivity index (χ1) is 9.65. The largest absolute Gasteiger partial charge is 0.496 e. The van der Waals surface area contributed by atoms with Crippen molar-refractivity contribution in [3.05, 3.63) is 35.9 Å². The van der Waals surface area contributed by atoms with Crippen molar-refractivity contribution >= 4 is 12.0 Å². The Hall–Kier alpha value is -1.77. The molecule has 0 bridgehead atoms. The molecule has 0 saturated carbocycles. The Kier molecular flexibility index (Phi) is 4.83. The lowest BCUT2D eigenvalue weighted by molar-refractivity contribution is -0.133. The molecule has 108 valence electrons. The highest BCUT2D eigenvalue weighted by Crippen LogP contribution is 2.23. The topological polar surface area (TPSA) is 29.5 Å². The van der Waals surface area contributed by atoms with Crippen molar-refractivity contribution in [2.75, 3.05) is 13.7 Å². The van der Waals surface area contributed by atoms with E-state index in [4.69, 9.17) is 4.74 Å².